The lowest BCUT2D eigenvalue weighted by atomic mass is 10.1. The van der Waals surface area contributed by atoms with Crippen molar-refractivity contribution < 1.29 is 14.7 Å². The van der Waals surface area contributed by atoms with Gasteiger partial charge in [0.1, 0.15) is 5.75 Å². The van der Waals surface area contributed by atoms with Crippen molar-refractivity contribution >= 4 is 12.2 Å². The van der Waals surface area contributed by atoms with Gasteiger partial charge in [0.15, 0.2) is 6.29 Å². The molecule has 0 spiro atoms. The highest BCUT2D eigenvalue weighted by molar-refractivity contribution is 5.95. The first-order valence-electron chi connectivity index (χ1n) is 3.65. The number of hydrogen-bond donors (Lipinski definition) is 2. The number of primary amides is 1. The first kappa shape index (κ1) is 9.25. The van der Waals surface area contributed by atoms with Crippen LogP contribution in [0.5, 0.6) is 5.75 Å². The van der Waals surface area contributed by atoms with Gasteiger partial charge in [0, 0.05) is 5.56 Å². The van der Waals surface area contributed by atoms with E-state index >= 15 is 0 Å². The number of phenolic OH excluding ortho intramolecular Hbond substituents is 1. The Kier molecular flexibility index (Phi) is 2.32. The van der Waals surface area contributed by atoms with Gasteiger partial charge in [-0.2, -0.15) is 0 Å². The normalized spacial score (nSPS) is 9.62. The molecule has 0 bridgehead atoms. The lowest BCUT2D eigenvalue weighted by molar-refractivity contribution is 0.1000. The molecule has 4 heteroatoms. The molecule has 0 atom stereocenters. The summed E-state index contributed by atoms with van der Waals surface area (Å²) in [5.41, 5.74) is 5.77. The predicted octanol–water partition coefficient (Wildman–Crippen LogP) is 0.612. The average molecular weight is 179 g/mol. The SMILES string of the molecule is Cc1cc(C(N)=O)cc(C=O)c1O. The van der Waals surface area contributed by atoms with Gasteiger partial charge in [-0.15, -0.1) is 0 Å². The minimum atomic E-state index is -0.619. The molecule has 0 aromatic heterocycles. The summed E-state index contributed by atoms with van der Waals surface area (Å²) < 4.78 is 0. The maximum absolute atomic E-state index is 10.8. The summed E-state index contributed by atoms with van der Waals surface area (Å²) in [4.78, 5) is 21.2. The molecule has 0 aliphatic carbocycles. The zero-order chi connectivity index (χ0) is 10.0. The van der Waals surface area contributed by atoms with E-state index in [0.29, 0.717) is 11.8 Å². The van der Waals surface area contributed by atoms with Gasteiger partial charge in [0.2, 0.25) is 5.91 Å². The molecule has 1 aromatic carbocycles. The van der Waals surface area contributed by atoms with E-state index in [-0.39, 0.29) is 16.9 Å². The fourth-order valence-corrected chi connectivity index (χ4v) is 1.04. The first-order valence-corrected chi connectivity index (χ1v) is 3.65. The molecule has 0 aliphatic heterocycles. The Morgan fingerprint density at radius 3 is 2.62 bits per heavy atom. The second-order valence-electron chi connectivity index (χ2n) is 2.71. The number of amides is 1. The molecule has 4 nitrogen and oxygen atoms in total. The third kappa shape index (κ3) is 1.66. The number of carbonyl (C=O) groups excluding carboxylic acids is 2. The third-order valence-electron chi connectivity index (χ3n) is 1.74. The number of aryl methyl sites for hydroxylation is 1. The smallest absolute Gasteiger partial charge is 0.248 e. The molecule has 1 amide bonds. The molecule has 0 saturated carbocycles. The maximum atomic E-state index is 10.8. The van der Waals surface area contributed by atoms with Gasteiger partial charge in [-0.25, -0.2) is 0 Å². The van der Waals surface area contributed by atoms with Crippen molar-refractivity contribution in [3.8, 4) is 5.75 Å². The van der Waals surface area contributed by atoms with E-state index < -0.39 is 5.91 Å². The fourth-order valence-electron chi connectivity index (χ4n) is 1.04. The van der Waals surface area contributed by atoms with Crippen LogP contribution >= 0.6 is 0 Å². The van der Waals surface area contributed by atoms with Crippen LogP contribution in [0.15, 0.2) is 12.1 Å². The Morgan fingerprint density at radius 2 is 2.15 bits per heavy atom. The third-order valence-corrected chi connectivity index (χ3v) is 1.74. The van der Waals surface area contributed by atoms with Gasteiger partial charge in [0.05, 0.1) is 5.56 Å². The highest BCUT2D eigenvalue weighted by Gasteiger charge is 2.08. The summed E-state index contributed by atoms with van der Waals surface area (Å²) in [5, 5.41) is 9.32. The van der Waals surface area contributed by atoms with E-state index in [4.69, 9.17) is 5.73 Å². The van der Waals surface area contributed by atoms with Crippen molar-refractivity contribution in [1.82, 2.24) is 0 Å². The van der Waals surface area contributed by atoms with E-state index in [9.17, 15) is 14.7 Å². The largest absolute Gasteiger partial charge is 0.507 e. The zero-order valence-corrected chi connectivity index (χ0v) is 7.07. The molecule has 68 valence electrons. The summed E-state index contributed by atoms with van der Waals surface area (Å²) in [6.45, 7) is 1.59. The molecule has 0 aliphatic rings. The van der Waals surface area contributed by atoms with Crippen LogP contribution in [0.2, 0.25) is 0 Å². The van der Waals surface area contributed by atoms with Gasteiger partial charge in [-0.1, -0.05) is 0 Å². The van der Waals surface area contributed by atoms with E-state index in [1.54, 1.807) is 6.92 Å². The summed E-state index contributed by atoms with van der Waals surface area (Å²) in [7, 11) is 0. The Bertz CT molecular complexity index is 371. The number of phenols is 1. The standard InChI is InChI=1S/C9H9NO3/c1-5-2-6(9(10)13)3-7(4-11)8(5)12/h2-4,12H,1H3,(H2,10,13). The number of aromatic hydroxyl groups is 1. The quantitative estimate of drug-likeness (QED) is 0.653. The number of hydrogen-bond acceptors (Lipinski definition) is 3. The van der Waals surface area contributed by atoms with Crippen LogP contribution in [0, 0.1) is 6.92 Å². The topological polar surface area (TPSA) is 80.4 Å². The number of nitrogens with two attached hydrogens (primary N) is 1. The number of aldehydes is 1. The van der Waals surface area contributed by atoms with Gasteiger partial charge in [-0.05, 0) is 24.6 Å². The Labute approximate surface area is 75.0 Å². The molecule has 0 unspecified atom stereocenters. The van der Waals surface area contributed by atoms with Crippen molar-refractivity contribution in [2.45, 2.75) is 6.92 Å². The molecular weight excluding hydrogens is 170 g/mol. The Balaban J connectivity index is 3.38. The summed E-state index contributed by atoms with van der Waals surface area (Å²) in [6, 6.07) is 2.70. The van der Waals surface area contributed by atoms with Crippen LogP contribution in [-0.2, 0) is 0 Å². The van der Waals surface area contributed by atoms with E-state index in [0.717, 1.165) is 0 Å². The lowest BCUT2D eigenvalue weighted by Crippen LogP contribution is -2.11. The molecule has 1 rings (SSSR count). The van der Waals surface area contributed by atoms with Crippen molar-refractivity contribution in [2.75, 3.05) is 0 Å². The first-order chi connectivity index (χ1) is 6.06. The molecule has 3 N–H and O–H groups in total. The van der Waals surface area contributed by atoms with Crippen LogP contribution in [0.25, 0.3) is 0 Å². The minimum Gasteiger partial charge on any atom is -0.507 e. The molecule has 0 heterocycles. The summed E-state index contributed by atoms with van der Waals surface area (Å²) in [6.07, 6.45) is 0.481. The zero-order valence-electron chi connectivity index (χ0n) is 7.07. The fraction of sp³-hybridized carbons (Fsp3) is 0.111. The van der Waals surface area contributed by atoms with Crippen molar-refractivity contribution in [1.29, 1.82) is 0 Å². The van der Waals surface area contributed by atoms with Crippen molar-refractivity contribution in [3.63, 3.8) is 0 Å². The van der Waals surface area contributed by atoms with Gasteiger partial charge < -0.3 is 10.8 Å². The van der Waals surface area contributed by atoms with Gasteiger partial charge in [0.25, 0.3) is 0 Å². The van der Waals surface area contributed by atoms with E-state index in [2.05, 4.69) is 0 Å². The maximum Gasteiger partial charge on any atom is 0.248 e. The Morgan fingerprint density at radius 1 is 1.54 bits per heavy atom. The summed E-state index contributed by atoms with van der Waals surface area (Å²) >= 11 is 0. The molecule has 1 aromatic rings. The molecule has 0 fully saturated rings. The van der Waals surface area contributed by atoms with Crippen molar-refractivity contribution in [2.24, 2.45) is 5.73 Å². The highest BCUT2D eigenvalue weighted by atomic mass is 16.3. The van der Waals surface area contributed by atoms with Crippen LogP contribution < -0.4 is 5.73 Å². The molecule has 13 heavy (non-hydrogen) atoms. The van der Waals surface area contributed by atoms with Crippen LogP contribution in [-0.4, -0.2) is 17.3 Å². The van der Waals surface area contributed by atoms with Crippen LogP contribution in [0.1, 0.15) is 26.3 Å². The summed E-state index contributed by atoms with van der Waals surface area (Å²) in [5.74, 6) is -0.730. The molecule has 0 radical (unpaired) electrons. The lowest BCUT2D eigenvalue weighted by Gasteiger charge is -2.03. The molecule has 0 saturated heterocycles. The average Bonchev–Trinajstić information content (AvgIpc) is 2.09. The minimum absolute atomic E-state index is 0.0776. The second kappa shape index (κ2) is 3.26. The van der Waals surface area contributed by atoms with E-state index in [1.807, 2.05) is 0 Å². The highest BCUT2D eigenvalue weighted by Crippen LogP contribution is 2.21. The Hall–Kier alpha value is -1.84. The number of rotatable bonds is 2. The van der Waals surface area contributed by atoms with Crippen LogP contribution in [0.3, 0.4) is 0 Å². The van der Waals surface area contributed by atoms with Gasteiger partial charge >= 0.3 is 0 Å². The number of carbonyl (C=O) groups is 2. The monoisotopic (exact) mass is 179 g/mol. The van der Waals surface area contributed by atoms with E-state index in [1.165, 1.54) is 12.1 Å². The van der Waals surface area contributed by atoms with Gasteiger partial charge in [-0.3, -0.25) is 9.59 Å². The number of benzene rings is 1. The van der Waals surface area contributed by atoms with Crippen LogP contribution in [0.4, 0.5) is 0 Å². The molecular formula is C9H9NO3. The van der Waals surface area contributed by atoms with Crippen molar-refractivity contribution in [3.05, 3.63) is 28.8 Å². The predicted molar refractivity (Wildman–Crippen MR) is 46.7 cm³/mol. The second-order valence-corrected chi connectivity index (χ2v) is 2.71.